The Balaban J connectivity index is 1.41. The molecule has 55 heavy (non-hydrogen) atoms. The number of carbonyl (C=O) groups is 4. The average Bonchev–Trinajstić information content (AvgIpc) is 3.80. The van der Waals surface area contributed by atoms with Crippen LogP contribution in [-0.2, 0) is 35.1 Å². The van der Waals surface area contributed by atoms with Gasteiger partial charge in [0.05, 0.1) is 47.3 Å². The number of esters is 1. The molecule has 12 heteroatoms. The lowest BCUT2D eigenvalue weighted by Crippen LogP contribution is -2.59. The molecule has 0 saturated carbocycles. The van der Waals surface area contributed by atoms with Crippen LogP contribution in [0.4, 0.5) is 5.69 Å². The molecular weight excluding hydrogens is 786 g/mol. The van der Waals surface area contributed by atoms with Gasteiger partial charge in [-0.2, -0.15) is 0 Å². The number of anilines is 1. The fourth-order valence-corrected chi connectivity index (χ4v) is 9.70. The Morgan fingerprint density at radius 3 is 2.35 bits per heavy atom. The highest BCUT2D eigenvalue weighted by Crippen LogP contribution is 2.61. The molecule has 0 aromatic heterocycles. The number of likely N-dealkylation sites (tertiary alicyclic amines) is 1. The smallest absolute Gasteiger partial charge is 0.313 e. The van der Waals surface area contributed by atoms with Gasteiger partial charge in [0.25, 0.3) is 5.91 Å². The number of benzene rings is 3. The van der Waals surface area contributed by atoms with Gasteiger partial charge in [0, 0.05) is 24.8 Å². The van der Waals surface area contributed by atoms with Crippen molar-refractivity contribution in [2.75, 3.05) is 25.1 Å². The highest BCUT2D eigenvalue weighted by molar-refractivity contribution is 9.09. The molecule has 3 aromatic rings. The molecule has 3 fully saturated rings. The summed E-state index contributed by atoms with van der Waals surface area (Å²) in [5, 5.41) is 11.3. The van der Waals surface area contributed by atoms with Crippen molar-refractivity contribution in [3.63, 3.8) is 0 Å². The van der Waals surface area contributed by atoms with Crippen LogP contribution in [0.1, 0.15) is 43.4 Å². The Bertz CT molecular complexity index is 1900. The number of allylic oxidation sites excluding steroid dienone is 1. The van der Waals surface area contributed by atoms with Crippen molar-refractivity contribution in [1.29, 1.82) is 0 Å². The number of rotatable bonds is 16. The first-order chi connectivity index (χ1) is 26.5. The van der Waals surface area contributed by atoms with Gasteiger partial charge in [0.2, 0.25) is 11.8 Å². The second kappa shape index (κ2) is 17.2. The SMILES string of the molecule is C=CCCC(=O)N(C)[C@@H](C)[C@@H](OC(=O)[C@H]1[C@@H]2O[C@@]3(CC2Br)[C@@H]1C(=O)N([C@@H](CO)Cc1ccccc1)[C@@H]3C(=O)N(CC=C)c1ccccc1Cl)c1ccccc1. The van der Waals surface area contributed by atoms with Gasteiger partial charge in [-0.1, -0.05) is 112 Å². The standard InChI is InChI=1S/C43H47BrClN3O7/c1-5-7-22-34(50)46(4)27(3)37(29-18-12-9-13-19-29)54-42(53)35-36-40(51)48(30(26-49)24-28-16-10-8-11-17-28)39(43(36)25-31(44)38(35)55-43)41(52)47(23-6-2)33-21-15-14-20-32(33)45/h5-6,8-21,27,30-31,35-39,49H,1-2,7,22-26H2,3-4H3/t27-,30+,31?,35+,36-,37+,38+,39+,43-/m0/s1. The number of ether oxygens (including phenoxy) is 2. The van der Waals surface area contributed by atoms with Crippen LogP contribution in [0.2, 0.25) is 5.02 Å². The minimum absolute atomic E-state index is 0.0760. The van der Waals surface area contributed by atoms with Crippen molar-refractivity contribution in [3.05, 3.63) is 126 Å². The van der Waals surface area contributed by atoms with Crippen LogP contribution in [0.15, 0.2) is 110 Å². The summed E-state index contributed by atoms with van der Waals surface area (Å²) in [6.45, 7) is 9.05. The fourth-order valence-electron chi connectivity index (χ4n) is 8.52. The highest BCUT2D eigenvalue weighted by atomic mass is 79.9. The van der Waals surface area contributed by atoms with Crippen LogP contribution in [0.25, 0.3) is 0 Å². The lowest BCUT2D eigenvalue weighted by molar-refractivity contribution is -0.165. The molecule has 3 heterocycles. The normalized spacial score (nSPS) is 25.4. The minimum Gasteiger partial charge on any atom is -0.455 e. The summed E-state index contributed by atoms with van der Waals surface area (Å²) in [4.78, 5) is 62.2. The number of carbonyl (C=O) groups excluding carboxylic acids is 4. The number of aliphatic hydroxyl groups is 1. The molecule has 9 atom stereocenters. The van der Waals surface area contributed by atoms with E-state index in [1.807, 2.05) is 67.6 Å². The van der Waals surface area contributed by atoms with Crippen molar-refractivity contribution in [2.45, 2.75) is 73.4 Å². The third-order valence-corrected chi connectivity index (χ3v) is 12.4. The van der Waals surface area contributed by atoms with E-state index in [9.17, 15) is 14.7 Å². The quantitative estimate of drug-likeness (QED) is 0.102. The molecule has 0 radical (unpaired) electrons. The molecule has 1 spiro atoms. The minimum atomic E-state index is -1.45. The Morgan fingerprint density at radius 1 is 1.05 bits per heavy atom. The first kappa shape index (κ1) is 40.4. The number of nitrogens with zero attached hydrogens (tertiary/aromatic N) is 3. The zero-order valence-electron chi connectivity index (χ0n) is 31.0. The Morgan fingerprint density at radius 2 is 1.71 bits per heavy atom. The van der Waals surface area contributed by atoms with Gasteiger partial charge in [-0.15, -0.1) is 13.2 Å². The van der Waals surface area contributed by atoms with Gasteiger partial charge < -0.3 is 29.3 Å². The molecule has 3 amide bonds. The van der Waals surface area contributed by atoms with E-state index in [1.165, 1.54) is 9.80 Å². The van der Waals surface area contributed by atoms with Crippen LogP contribution in [0.3, 0.4) is 0 Å². The maximum absolute atomic E-state index is 15.2. The molecule has 290 valence electrons. The summed E-state index contributed by atoms with van der Waals surface area (Å²) >= 11 is 10.4. The van der Waals surface area contributed by atoms with Crippen LogP contribution in [0, 0.1) is 11.8 Å². The van der Waals surface area contributed by atoms with Crippen LogP contribution in [-0.4, -0.2) is 93.5 Å². The summed E-state index contributed by atoms with van der Waals surface area (Å²) in [5.41, 5.74) is 0.508. The van der Waals surface area contributed by atoms with Crippen molar-refractivity contribution >= 4 is 56.9 Å². The van der Waals surface area contributed by atoms with Crippen molar-refractivity contribution < 1.29 is 33.8 Å². The third kappa shape index (κ3) is 7.64. The van der Waals surface area contributed by atoms with Crippen molar-refractivity contribution in [3.8, 4) is 0 Å². The summed E-state index contributed by atoms with van der Waals surface area (Å²) < 4.78 is 13.2. The molecule has 10 nitrogen and oxygen atoms in total. The Kier molecular flexibility index (Phi) is 12.7. The maximum atomic E-state index is 15.2. The van der Waals surface area contributed by atoms with Gasteiger partial charge >= 0.3 is 5.97 Å². The fraction of sp³-hybridized carbons (Fsp3) is 0.395. The number of para-hydroxylation sites is 1. The molecule has 3 aliphatic rings. The molecule has 2 bridgehead atoms. The molecule has 3 aliphatic heterocycles. The van der Waals surface area contributed by atoms with Crippen molar-refractivity contribution in [1.82, 2.24) is 9.80 Å². The topological polar surface area (TPSA) is 117 Å². The number of amides is 3. The second-order valence-electron chi connectivity index (χ2n) is 14.5. The number of hydrogen-bond donors (Lipinski definition) is 1. The Hall–Kier alpha value is -4.29. The summed E-state index contributed by atoms with van der Waals surface area (Å²) in [6, 6.07) is 22.9. The molecule has 1 N–H and O–H groups in total. The zero-order chi connectivity index (χ0) is 39.4. The molecule has 0 aliphatic carbocycles. The number of alkyl halides is 1. The number of fused-ring (bicyclic) bond motifs is 1. The highest BCUT2D eigenvalue weighted by Gasteiger charge is 2.77. The first-order valence-electron chi connectivity index (χ1n) is 18.6. The largest absolute Gasteiger partial charge is 0.455 e. The second-order valence-corrected chi connectivity index (χ2v) is 16.0. The zero-order valence-corrected chi connectivity index (χ0v) is 33.3. The maximum Gasteiger partial charge on any atom is 0.313 e. The monoisotopic (exact) mass is 831 g/mol. The third-order valence-electron chi connectivity index (χ3n) is 11.2. The first-order valence-corrected chi connectivity index (χ1v) is 19.9. The van der Waals surface area contributed by atoms with Crippen LogP contribution < -0.4 is 4.90 Å². The van der Waals surface area contributed by atoms with Crippen LogP contribution >= 0.6 is 27.5 Å². The number of aliphatic hydroxyl groups excluding tert-OH is 1. The van der Waals surface area contributed by atoms with Gasteiger partial charge in [-0.25, -0.2) is 0 Å². The Labute approximate surface area is 335 Å². The number of likely N-dealkylation sites (N-methyl/N-ethyl adjacent to an activating group) is 1. The molecule has 3 saturated heterocycles. The van der Waals surface area contributed by atoms with Gasteiger partial charge in [-0.3, -0.25) is 19.2 Å². The van der Waals surface area contributed by atoms with E-state index in [0.717, 1.165) is 5.56 Å². The van der Waals surface area contributed by atoms with Gasteiger partial charge in [0.15, 0.2) is 0 Å². The van der Waals surface area contributed by atoms with Crippen molar-refractivity contribution in [2.24, 2.45) is 11.8 Å². The number of halogens is 2. The predicted octanol–water partition coefficient (Wildman–Crippen LogP) is 6.31. The average molecular weight is 833 g/mol. The summed E-state index contributed by atoms with van der Waals surface area (Å²) in [7, 11) is 1.67. The van der Waals surface area contributed by atoms with E-state index in [-0.39, 0.29) is 31.7 Å². The molecular formula is C43H47BrClN3O7. The predicted molar refractivity (Wildman–Crippen MR) is 215 cm³/mol. The van der Waals surface area contributed by atoms with Crippen LogP contribution in [0.5, 0.6) is 0 Å². The van der Waals surface area contributed by atoms with E-state index < -0.39 is 77.0 Å². The van der Waals surface area contributed by atoms with E-state index in [4.69, 9.17) is 21.1 Å². The lowest BCUT2D eigenvalue weighted by Gasteiger charge is -2.39. The summed E-state index contributed by atoms with van der Waals surface area (Å²) in [5.74, 6) is -3.96. The molecule has 3 aromatic carbocycles. The van der Waals surface area contributed by atoms with E-state index >= 15 is 9.59 Å². The molecule has 1 unspecified atom stereocenters. The summed E-state index contributed by atoms with van der Waals surface area (Å²) in [6.07, 6.45) is 2.83. The van der Waals surface area contributed by atoms with E-state index in [0.29, 0.717) is 22.7 Å². The lowest BCUT2D eigenvalue weighted by atomic mass is 9.70. The van der Waals surface area contributed by atoms with E-state index in [1.54, 1.807) is 48.4 Å². The van der Waals surface area contributed by atoms with E-state index in [2.05, 4.69) is 29.1 Å². The van der Waals surface area contributed by atoms with Gasteiger partial charge in [0.1, 0.15) is 17.7 Å². The number of hydrogen-bond acceptors (Lipinski definition) is 7. The van der Waals surface area contributed by atoms with Gasteiger partial charge in [-0.05, 0) is 49.4 Å². The molecule has 6 rings (SSSR count).